The highest BCUT2D eigenvalue weighted by Crippen LogP contribution is 2.24. The van der Waals surface area contributed by atoms with Gasteiger partial charge >= 0.3 is 11.9 Å². The molecule has 1 unspecified atom stereocenters. The van der Waals surface area contributed by atoms with E-state index in [0.717, 1.165) is 19.2 Å². The largest absolute Gasteiger partial charge is 0.478 e. The predicted molar refractivity (Wildman–Crippen MR) is 72.9 cm³/mol. The van der Waals surface area contributed by atoms with E-state index >= 15 is 0 Å². The zero-order chi connectivity index (χ0) is 16.4. The fourth-order valence-corrected chi connectivity index (χ4v) is 3.36. The summed E-state index contributed by atoms with van der Waals surface area (Å²) in [6.07, 6.45) is 0. The number of rotatable bonds is 5. The summed E-state index contributed by atoms with van der Waals surface area (Å²) in [4.78, 5) is 21.2. The molecule has 0 saturated heterocycles. The quantitative estimate of drug-likeness (QED) is 0.737. The molecule has 0 aliphatic heterocycles. The summed E-state index contributed by atoms with van der Waals surface area (Å²) < 4.78 is 44.4. The Labute approximate surface area is 128 Å². The molecule has 21 heavy (non-hydrogen) atoms. The van der Waals surface area contributed by atoms with Gasteiger partial charge in [-0.1, -0.05) is 15.9 Å². The first-order valence-electron chi connectivity index (χ1n) is 5.42. The van der Waals surface area contributed by atoms with E-state index < -0.39 is 44.3 Å². The van der Waals surface area contributed by atoms with Crippen LogP contribution in [0.15, 0.2) is 21.5 Å². The molecule has 0 fully saturated rings. The SMILES string of the molecule is COC(=O)C(C)NS(=O)(=O)c1cc(Br)cc(C(=O)O)c1F. The third-order valence-corrected chi connectivity index (χ3v) is 4.41. The van der Waals surface area contributed by atoms with Crippen molar-refractivity contribution in [3.8, 4) is 0 Å². The third kappa shape index (κ3) is 3.99. The molecule has 1 aromatic rings. The monoisotopic (exact) mass is 383 g/mol. The molecule has 0 spiro atoms. The van der Waals surface area contributed by atoms with E-state index in [4.69, 9.17) is 5.11 Å². The number of aromatic carboxylic acids is 1. The number of hydrogen-bond donors (Lipinski definition) is 2. The minimum Gasteiger partial charge on any atom is -0.478 e. The van der Waals surface area contributed by atoms with Gasteiger partial charge in [0.25, 0.3) is 0 Å². The molecule has 0 amide bonds. The number of hydrogen-bond acceptors (Lipinski definition) is 5. The molecule has 116 valence electrons. The van der Waals surface area contributed by atoms with Crippen LogP contribution in [-0.2, 0) is 19.6 Å². The Kier molecular flexibility index (Phi) is 5.42. The number of carbonyl (C=O) groups is 2. The lowest BCUT2D eigenvalue weighted by molar-refractivity contribution is -0.142. The maximum absolute atomic E-state index is 14.0. The molecule has 7 nitrogen and oxygen atoms in total. The lowest BCUT2D eigenvalue weighted by Crippen LogP contribution is -2.39. The van der Waals surface area contributed by atoms with Gasteiger partial charge in [0, 0.05) is 4.47 Å². The third-order valence-electron chi connectivity index (χ3n) is 2.41. The lowest BCUT2D eigenvalue weighted by Gasteiger charge is -2.13. The van der Waals surface area contributed by atoms with Crippen molar-refractivity contribution in [3.63, 3.8) is 0 Å². The molecule has 1 atom stereocenters. The first kappa shape index (κ1) is 17.5. The number of carboxylic acids is 1. The molecule has 0 aliphatic carbocycles. The maximum Gasteiger partial charge on any atom is 0.338 e. The number of esters is 1. The molecule has 10 heteroatoms. The van der Waals surface area contributed by atoms with Crippen LogP contribution in [0.2, 0.25) is 0 Å². The van der Waals surface area contributed by atoms with Gasteiger partial charge in [0.05, 0.1) is 12.7 Å². The standard InChI is InChI=1S/C11H11BrFNO6S/c1-5(11(17)20-2)14-21(18,19)8-4-6(12)3-7(9(8)13)10(15)16/h3-5,14H,1-2H3,(H,15,16). The highest BCUT2D eigenvalue weighted by atomic mass is 79.9. The highest BCUT2D eigenvalue weighted by Gasteiger charge is 2.28. The van der Waals surface area contributed by atoms with Gasteiger partial charge in [0.1, 0.15) is 10.9 Å². The Balaban J connectivity index is 3.32. The average Bonchev–Trinajstić information content (AvgIpc) is 2.38. The van der Waals surface area contributed by atoms with E-state index in [0.29, 0.717) is 0 Å². The van der Waals surface area contributed by atoms with E-state index in [-0.39, 0.29) is 4.47 Å². The van der Waals surface area contributed by atoms with Crippen molar-refractivity contribution in [2.75, 3.05) is 7.11 Å². The number of sulfonamides is 1. The number of methoxy groups -OCH3 is 1. The first-order chi connectivity index (χ1) is 9.60. The van der Waals surface area contributed by atoms with Gasteiger partial charge in [-0.05, 0) is 19.1 Å². The fraction of sp³-hybridized carbons (Fsp3) is 0.273. The van der Waals surface area contributed by atoms with Crippen molar-refractivity contribution in [1.29, 1.82) is 0 Å². The molecular weight excluding hydrogens is 373 g/mol. The number of carbonyl (C=O) groups excluding carboxylic acids is 1. The van der Waals surface area contributed by atoms with Crippen molar-refractivity contribution in [3.05, 3.63) is 28.0 Å². The second-order valence-corrected chi connectivity index (χ2v) is 6.53. The van der Waals surface area contributed by atoms with E-state index in [2.05, 4.69) is 20.7 Å². The highest BCUT2D eigenvalue weighted by molar-refractivity contribution is 9.10. The molecule has 0 bridgehead atoms. The van der Waals surface area contributed by atoms with E-state index in [9.17, 15) is 22.4 Å². The molecule has 0 aliphatic rings. The summed E-state index contributed by atoms with van der Waals surface area (Å²) in [5.41, 5.74) is -0.810. The maximum atomic E-state index is 14.0. The number of ether oxygens (including phenoxy) is 1. The fourth-order valence-electron chi connectivity index (χ4n) is 1.44. The summed E-state index contributed by atoms with van der Waals surface area (Å²) in [5.74, 6) is -3.91. The molecule has 0 saturated carbocycles. The van der Waals surface area contributed by atoms with Gasteiger partial charge in [0.15, 0.2) is 5.82 Å². The molecule has 0 radical (unpaired) electrons. The summed E-state index contributed by atoms with van der Waals surface area (Å²) >= 11 is 2.90. The molecule has 0 heterocycles. The number of halogens is 2. The van der Waals surface area contributed by atoms with Crippen LogP contribution >= 0.6 is 15.9 Å². The van der Waals surface area contributed by atoms with Crippen LogP contribution in [0, 0.1) is 5.82 Å². The summed E-state index contributed by atoms with van der Waals surface area (Å²) in [5, 5.41) is 8.84. The second-order valence-electron chi connectivity index (χ2n) is 3.94. The Morgan fingerprint density at radius 2 is 2.00 bits per heavy atom. The van der Waals surface area contributed by atoms with Gasteiger partial charge in [-0.15, -0.1) is 0 Å². The minimum absolute atomic E-state index is 0.0624. The van der Waals surface area contributed by atoms with Crippen LogP contribution in [-0.4, -0.2) is 38.6 Å². The van der Waals surface area contributed by atoms with Crippen LogP contribution in [0.4, 0.5) is 4.39 Å². The normalized spacial score (nSPS) is 12.8. The number of benzene rings is 1. The lowest BCUT2D eigenvalue weighted by atomic mass is 10.2. The van der Waals surface area contributed by atoms with Gasteiger partial charge in [-0.3, -0.25) is 4.79 Å². The molecule has 2 N–H and O–H groups in total. The zero-order valence-corrected chi connectivity index (χ0v) is 13.3. The number of nitrogens with one attached hydrogen (secondary N) is 1. The first-order valence-corrected chi connectivity index (χ1v) is 7.70. The Morgan fingerprint density at radius 1 is 1.43 bits per heavy atom. The Morgan fingerprint density at radius 3 is 2.48 bits per heavy atom. The Bertz CT molecular complexity index is 690. The van der Waals surface area contributed by atoms with Crippen molar-refractivity contribution < 1.29 is 32.2 Å². The van der Waals surface area contributed by atoms with Gasteiger partial charge in [-0.2, -0.15) is 4.72 Å². The van der Waals surface area contributed by atoms with Crippen LogP contribution in [0.5, 0.6) is 0 Å². The van der Waals surface area contributed by atoms with Gasteiger partial charge in [-0.25, -0.2) is 17.6 Å². The van der Waals surface area contributed by atoms with Gasteiger partial charge in [0.2, 0.25) is 10.0 Å². The summed E-state index contributed by atoms with van der Waals surface area (Å²) in [6, 6.07) is 0.570. The molecule has 1 aromatic carbocycles. The van der Waals surface area contributed by atoms with Crippen molar-refractivity contribution in [2.45, 2.75) is 17.9 Å². The minimum atomic E-state index is -4.44. The number of carboxylic acid groups (broad SMARTS) is 1. The van der Waals surface area contributed by atoms with Crippen molar-refractivity contribution in [2.24, 2.45) is 0 Å². The summed E-state index contributed by atoms with van der Waals surface area (Å²) in [6.45, 7) is 1.21. The average molecular weight is 384 g/mol. The smallest absolute Gasteiger partial charge is 0.338 e. The van der Waals surface area contributed by atoms with E-state index in [1.165, 1.54) is 6.92 Å². The van der Waals surface area contributed by atoms with Crippen molar-refractivity contribution >= 4 is 37.9 Å². The van der Waals surface area contributed by atoms with E-state index in [1.54, 1.807) is 0 Å². The van der Waals surface area contributed by atoms with Crippen LogP contribution in [0.25, 0.3) is 0 Å². The van der Waals surface area contributed by atoms with Crippen LogP contribution in [0.3, 0.4) is 0 Å². The Hall–Kier alpha value is -1.52. The molecule has 0 aromatic heterocycles. The molecular formula is C11H11BrFNO6S. The molecule has 1 rings (SSSR count). The van der Waals surface area contributed by atoms with Gasteiger partial charge < -0.3 is 9.84 Å². The second kappa shape index (κ2) is 6.50. The van der Waals surface area contributed by atoms with Crippen molar-refractivity contribution in [1.82, 2.24) is 4.72 Å². The van der Waals surface area contributed by atoms with Crippen LogP contribution < -0.4 is 4.72 Å². The van der Waals surface area contributed by atoms with Crippen LogP contribution in [0.1, 0.15) is 17.3 Å². The predicted octanol–water partition coefficient (Wildman–Crippen LogP) is 1.13. The summed E-state index contributed by atoms with van der Waals surface area (Å²) in [7, 11) is -3.38. The zero-order valence-electron chi connectivity index (χ0n) is 10.9. The topological polar surface area (TPSA) is 110 Å². The van der Waals surface area contributed by atoms with E-state index in [1.807, 2.05) is 4.72 Å².